The van der Waals surface area contributed by atoms with Crippen LogP contribution < -0.4 is 5.32 Å². The Labute approximate surface area is 113 Å². The molecule has 0 spiro atoms. The van der Waals surface area contributed by atoms with Gasteiger partial charge < -0.3 is 10.1 Å². The number of ether oxygens (including phenoxy) is 1. The number of anilines is 1. The van der Waals surface area contributed by atoms with E-state index in [9.17, 15) is 8.42 Å². The van der Waals surface area contributed by atoms with Gasteiger partial charge in [-0.2, -0.15) is 4.31 Å². The molecule has 106 valence electrons. The number of aromatic nitrogens is 2. The molecule has 0 amide bonds. The zero-order chi connectivity index (χ0) is 13.9. The van der Waals surface area contributed by atoms with Gasteiger partial charge in [-0.1, -0.05) is 0 Å². The van der Waals surface area contributed by atoms with Crippen LogP contribution in [0.25, 0.3) is 0 Å². The molecule has 2 heterocycles. The first-order valence-corrected chi connectivity index (χ1v) is 7.55. The van der Waals surface area contributed by atoms with E-state index in [1.165, 1.54) is 16.7 Å². The third kappa shape index (κ3) is 3.02. The Kier molecular flexibility index (Phi) is 4.33. The molecule has 0 aromatic carbocycles. The Bertz CT molecular complexity index is 511. The van der Waals surface area contributed by atoms with Gasteiger partial charge in [0.2, 0.25) is 16.0 Å². The summed E-state index contributed by atoms with van der Waals surface area (Å²) >= 11 is 0. The van der Waals surface area contributed by atoms with Crippen LogP contribution in [0.1, 0.15) is 12.8 Å². The van der Waals surface area contributed by atoms with Crippen molar-refractivity contribution in [3.8, 4) is 0 Å². The van der Waals surface area contributed by atoms with Gasteiger partial charge in [0.15, 0.2) is 0 Å². The molecule has 1 aromatic heterocycles. The van der Waals surface area contributed by atoms with E-state index in [4.69, 9.17) is 4.74 Å². The molecule has 0 atom stereocenters. The lowest BCUT2D eigenvalue weighted by atomic mass is 10.1. The largest absolute Gasteiger partial charge is 0.381 e. The van der Waals surface area contributed by atoms with Gasteiger partial charge in [0.1, 0.15) is 4.90 Å². The summed E-state index contributed by atoms with van der Waals surface area (Å²) in [7, 11) is -0.266. The number of nitrogens with zero attached hydrogens (tertiary/aromatic N) is 3. The normalized spacial score (nSPS) is 17.6. The van der Waals surface area contributed by atoms with E-state index in [1.54, 1.807) is 14.1 Å². The zero-order valence-corrected chi connectivity index (χ0v) is 11.9. The van der Waals surface area contributed by atoms with Gasteiger partial charge in [-0.3, -0.25) is 0 Å². The third-order valence-electron chi connectivity index (χ3n) is 3.23. The van der Waals surface area contributed by atoms with E-state index in [2.05, 4.69) is 15.3 Å². The van der Waals surface area contributed by atoms with E-state index >= 15 is 0 Å². The first-order chi connectivity index (χ1) is 9.05. The Morgan fingerprint density at radius 3 is 2.42 bits per heavy atom. The van der Waals surface area contributed by atoms with Gasteiger partial charge in [0.25, 0.3) is 0 Å². The lowest BCUT2D eigenvalue weighted by Gasteiger charge is -2.30. The van der Waals surface area contributed by atoms with Crippen LogP contribution in [0.2, 0.25) is 0 Å². The minimum Gasteiger partial charge on any atom is -0.381 e. The second-order valence-electron chi connectivity index (χ2n) is 4.36. The molecule has 1 saturated heterocycles. The summed E-state index contributed by atoms with van der Waals surface area (Å²) in [5.41, 5.74) is 0. The van der Waals surface area contributed by atoms with Crippen LogP contribution in [-0.4, -0.2) is 56.0 Å². The van der Waals surface area contributed by atoms with Crippen molar-refractivity contribution in [2.24, 2.45) is 0 Å². The predicted molar refractivity (Wildman–Crippen MR) is 70.4 cm³/mol. The highest BCUT2D eigenvalue weighted by Gasteiger charge is 2.29. The number of rotatable bonds is 4. The van der Waals surface area contributed by atoms with E-state index in [-0.39, 0.29) is 10.9 Å². The van der Waals surface area contributed by atoms with Crippen LogP contribution >= 0.6 is 0 Å². The van der Waals surface area contributed by atoms with Crippen molar-refractivity contribution in [3.05, 3.63) is 12.4 Å². The molecule has 1 aliphatic rings. The summed E-state index contributed by atoms with van der Waals surface area (Å²) in [6.45, 7) is 1.19. The number of hydrogen-bond donors (Lipinski definition) is 1. The molecule has 8 heteroatoms. The number of hydrogen-bond acceptors (Lipinski definition) is 6. The lowest BCUT2D eigenvalue weighted by Crippen LogP contribution is -2.40. The van der Waals surface area contributed by atoms with Crippen molar-refractivity contribution in [1.29, 1.82) is 0 Å². The molecular weight excluding hydrogens is 268 g/mol. The molecule has 2 rings (SSSR count). The fourth-order valence-corrected chi connectivity index (χ4v) is 3.30. The summed E-state index contributed by atoms with van der Waals surface area (Å²) in [4.78, 5) is 7.99. The minimum atomic E-state index is -3.54. The lowest BCUT2D eigenvalue weighted by molar-refractivity contribution is 0.0632. The second-order valence-corrected chi connectivity index (χ2v) is 6.35. The van der Waals surface area contributed by atoms with Gasteiger partial charge in [0.05, 0.1) is 12.4 Å². The van der Waals surface area contributed by atoms with Crippen molar-refractivity contribution in [1.82, 2.24) is 14.3 Å². The first-order valence-electron chi connectivity index (χ1n) is 6.11. The molecule has 0 unspecified atom stereocenters. The van der Waals surface area contributed by atoms with Crippen LogP contribution in [0.4, 0.5) is 5.95 Å². The quantitative estimate of drug-likeness (QED) is 0.858. The van der Waals surface area contributed by atoms with Crippen molar-refractivity contribution in [2.75, 3.05) is 32.6 Å². The van der Waals surface area contributed by atoms with Crippen LogP contribution in [-0.2, 0) is 14.8 Å². The molecule has 19 heavy (non-hydrogen) atoms. The third-order valence-corrected chi connectivity index (χ3v) is 5.10. The van der Waals surface area contributed by atoms with Crippen molar-refractivity contribution in [2.45, 2.75) is 23.8 Å². The Balaban J connectivity index is 2.19. The Hall–Kier alpha value is -1.25. The molecule has 0 aliphatic carbocycles. The van der Waals surface area contributed by atoms with Gasteiger partial charge in [-0.15, -0.1) is 0 Å². The maximum absolute atomic E-state index is 12.4. The monoisotopic (exact) mass is 286 g/mol. The van der Waals surface area contributed by atoms with Gasteiger partial charge in [-0.05, 0) is 12.8 Å². The summed E-state index contributed by atoms with van der Waals surface area (Å²) in [5.74, 6) is 0.396. The smallest absolute Gasteiger partial charge is 0.246 e. The SMILES string of the molecule is CNc1ncc(S(=O)(=O)N(C)C2CCOCC2)cn1. The van der Waals surface area contributed by atoms with E-state index in [1.807, 2.05) is 0 Å². The summed E-state index contributed by atoms with van der Waals surface area (Å²) in [6, 6.07) is -0.0253. The fourth-order valence-electron chi connectivity index (χ4n) is 1.99. The van der Waals surface area contributed by atoms with E-state index in [0.717, 1.165) is 0 Å². The average Bonchev–Trinajstić information content (AvgIpc) is 2.47. The molecule has 1 N–H and O–H groups in total. The zero-order valence-electron chi connectivity index (χ0n) is 11.0. The summed E-state index contributed by atoms with van der Waals surface area (Å²) in [5, 5.41) is 2.75. The second kappa shape index (κ2) is 5.81. The molecule has 1 fully saturated rings. The van der Waals surface area contributed by atoms with Gasteiger partial charge in [-0.25, -0.2) is 18.4 Å². The molecular formula is C11H18N4O3S. The van der Waals surface area contributed by atoms with Gasteiger partial charge >= 0.3 is 0 Å². The number of nitrogens with one attached hydrogen (secondary N) is 1. The highest BCUT2D eigenvalue weighted by atomic mass is 32.2. The standard InChI is InChI=1S/C11H18N4O3S/c1-12-11-13-7-10(8-14-11)19(16,17)15(2)9-3-5-18-6-4-9/h7-9H,3-6H2,1-2H3,(H,12,13,14). The van der Waals surface area contributed by atoms with Crippen molar-refractivity contribution in [3.63, 3.8) is 0 Å². The molecule has 0 bridgehead atoms. The van der Waals surface area contributed by atoms with Crippen LogP contribution in [0.5, 0.6) is 0 Å². The highest BCUT2D eigenvalue weighted by molar-refractivity contribution is 7.89. The van der Waals surface area contributed by atoms with E-state index < -0.39 is 10.0 Å². The topological polar surface area (TPSA) is 84.4 Å². The molecule has 1 aliphatic heterocycles. The maximum atomic E-state index is 12.4. The Morgan fingerprint density at radius 1 is 1.32 bits per heavy atom. The molecule has 0 radical (unpaired) electrons. The van der Waals surface area contributed by atoms with Gasteiger partial charge in [0, 0.05) is 33.4 Å². The van der Waals surface area contributed by atoms with Crippen LogP contribution in [0, 0.1) is 0 Å². The average molecular weight is 286 g/mol. The Morgan fingerprint density at radius 2 is 1.89 bits per heavy atom. The molecule has 1 aromatic rings. The predicted octanol–water partition coefficient (Wildman–Crippen LogP) is 0.318. The minimum absolute atomic E-state index is 0.0253. The first kappa shape index (κ1) is 14.2. The fraction of sp³-hybridized carbons (Fsp3) is 0.636. The molecule has 0 saturated carbocycles. The summed E-state index contributed by atoms with van der Waals surface area (Å²) in [6.07, 6.45) is 4.07. The highest BCUT2D eigenvalue weighted by Crippen LogP contribution is 2.21. The number of sulfonamides is 1. The van der Waals surface area contributed by atoms with Crippen LogP contribution in [0.3, 0.4) is 0 Å². The summed E-state index contributed by atoms with van der Waals surface area (Å²) < 4.78 is 31.5. The van der Waals surface area contributed by atoms with E-state index in [0.29, 0.717) is 32.0 Å². The van der Waals surface area contributed by atoms with Crippen molar-refractivity contribution < 1.29 is 13.2 Å². The molecule has 7 nitrogen and oxygen atoms in total. The van der Waals surface area contributed by atoms with Crippen molar-refractivity contribution >= 4 is 16.0 Å². The van der Waals surface area contributed by atoms with Crippen LogP contribution in [0.15, 0.2) is 17.3 Å². The maximum Gasteiger partial charge on any atom is 0.246 e.